The summed E-state index contributed by atoms with van der Waals surface area (Å²) in [6, 6.07) is -0.302. The Hall–Kier alpha value is -0.240. The van der Waals surface area contributed by atoms with Crippen molar-refractivity contribution in [2.24, 2.45) is 11.8 Å². The first kappa shape index (κ1) is 14.1. The van der Waals surface area contributed by atoms with Gasteiger partial charge in [0.05, 0.1) is 26.2 Å². The molecule has 6 nitrogen and oxygen atoms in total. The Morgan fingerprint density at radius 1 is 0.591 bits per heavy atom. The Morgan fingerprint density at radius 3 is 1.23 bits per heavy atom. The van der Waals surface area contributed by atoms with E-state index in [4.69, 9.17) is 0 Å². The molecule has 22 heavy (non-hydrogen) atoms. The second kappa shape index (κ2) is 3.87. The van der Waals surface area contributed by atoms with Gasteiger partial charge in [0.15, 0.2) is 12.1 Å². The first-order chi connectivity index (χ1) is 10.3. The third kappa shape index (κ3) is 1.43. The molecule has 7 aliphatic heterocycles. The van der Waals surface area contributed by atoms with Crippen molar-refractivity contribution < 1.29 is 29.4 Å². The summed E-state index contributed by atoms with van der Waals surface area (Å²) in [4.78, 5) is 0. The van der Waals surface area contributed by atoms with Gasteiger partial charge in [-0.3, -0.25) is 0 Å². The maximum atomic E-state index is 10.8. The number of hydrogen-bond donors (Lipinski definition) is 4. The van der Waals surface area contributed by atoms with E-state index in [9.17, 15) is 20.4 Å². The number of fused-ring (bicyclic) bond motifs is 4. The van der Waals surface area contributed by atoms with Crippen LogP contribution in [0, 0.1) is 11.8 Å². The van der Waals surface area contributed by atoms with Crippen LogP contribution in [0.25, 0.3) is 0 Å². The van der Waals surface area contributed by atoms with Gasteiger partial charge in [-0.1, -0.05) is 0 Å². The summed E-state index contributed by atoms with van der Waals surface area (Å²) < 4.78 is 1.40. The first-order valence-corrected chi connectivity index (χ1v) is 8.91. The highest BCUT2D eigenvalue weighted by Gasteiger charge is 2.74. The van der Waals surface area contributed by atoms with Crippen molar-refractivity contribution in [1.29, 1.82) is 0 Å². The van der Waals surface area contributed by atoms with Gasteiger partial charge in [0.2, 0.25) is 11.6 Å². The predicted octanol–water partition coefficient (Wildman–Crippen LogP) is -1.42. The molecule has 124 valence electrons. The standard InChI is InChI=1S/C16H28N2O4/c19-15(20)11-1-5-17(6-2-11)9-14-16(21,22)12-3-7-18(14,8-4-12)10-13(15)17/h11-14,19-22H,1-10H2/q+2/t11?,12?,13-,14+,17?,18?. The zero-order chi connectivity index (χ0) is 15.4. The maximum absolute atomic E-state index is 10.8. The zero-order valence-electron chi connectivity index (χ0n) is 13.1. The number of nitrogens with zero attached hydrogens (tertiary/aromatic N) is 2. The molecule has 2 atom stereocenters. The number of quaternary nitrogens is 2. The largest absolute Gasteiger partial charge is 0.361 e. The third-order valence-electron chi connectivity index (χ3n) is 8.27. The van der Waals surface area contributed by atoms with Crippen molar-refractivity contribution in [3.05, 3.63) is 0 Å². The molecule has 7 aliphatic rings. The highest BCUT2D eigenvalue weighted by molar-refractivity contribution is 5.01. The molecule has 7 heterocycles. The first-order valence-electron chi connectivity index (χ1n) is 8.91. The van der Waals surface area contributed by atoms with Crippen molar-refractivity contribution in [3.8, 4) is 0 Å². The van der Waals surface area contributed by atoms with Gasteiger partial charge < -0.3 is 29.4 Å². The Labute approximate surface area is 130 Å². The van der Waals surface area contributed by atoms with Gasteiger partial charge in [0, 0.05) is 37.5 Å². The van der Waals surface area contributed by atoms with Crippen LogP contribution in [-0.4, -0.2) is 92.3 Å². The number of piperazine rings is 1. The minimum atomic E-state index is -1.57. The Kier molecular flexibility index (Phi) is 2.49. The molecule has 6 heteroatoms. The van der Waals surface area contributed by atoms with Gasteiger partial charge in [-0.05, 0) is 0 Å². The molecular weight excluding hydrogens is 284 g/mol. The molecule has 0 radical (unpaired) electrons. The summed E-state index contributed by atoms with van der Waals surface area (Å²) in [5.41, 5.74) is 0. The summed E-state index contributed by atoms with van der Waals surface area (Å²) in [7, 11) is 0. The Bertz CT molecular complexity index is 458. The van der Waals surface area contributed by atoms with Gasteiger partial charge in [0.1, 0.15) is 13.1 Å². The lowest BCUT2D eigenvalue weighted by molar-refractivity contribution is -1.09. The van der Waals surface area contributed by atoms with E-state index < -0.39 is 11.6 Å². The lowest BCUT2D eigenvalue weighted by Crippen LogP contribution is -2.90. The average Bonchev–Trinajstić information content (AvgIpc) is 2.48. The minimum absolute atomic E-state index is 0.00240. The molecular formula is C16H28N2O4+2. The minimum Gasteiger partial charge on any atom is -0.361 e. The fourth-order valence-electron chi connectivity index (χ4n) is 6.91. The molecule has 0 unspecified atom stereocenters. The van der Waals surface area contributed by atoms with Gasteiger partial charge in [-0.25, -0.2) is 0 Å². The van der Waals surface area contributed by atoms with E-state index in [1.807, 2.05) is 0 Å². The normalized spacial score (nSPS) is 57.3. The average molecular weight is 312 g/mol. The van der Waals surface area contributed by atoms with E-state index in [1.54, 1.807) is 0 Å². The summed E-state index contributed by atoms with van der Waals surface area (Å²) >= 11 is 0. The van der Waals surface area contributed by atoms with Crippen molar-refractivity contribution in [2.75, 3.05) is 39.3 Å². The van der Waals surface area contributed by atoms with Crippen LogP contribution in [-0.2, 0) is 0 Å². The van der Waals surface area contributed by atoms with Crippen LogP contribution in [0.3, 0.4) is 0 Å². The molecule has 0 aromatic heterocycles. The summed E-state index contributed by atoms with van der Waals surface area (Å²) in [5.74, 6) is -3.14. The predicted molar refractivity (Wildman–Crippen MR) is 77.1 cm³/mol. The SMILES string of the molecule is OC1(O)C2CC[N+]3(CC2)C[C@H]2C(O)(O)C4CC[N+]2(CC4)C[C@H]13. The van der Waals surface area contributed by atoms with Gasteiger partial charge in [-0.2, -0.15) is 0 Å². The van der Waals surface area contributed by atoms with Gasteiger partial charge in [-0.15, -0.1) is 0 Å². The quantitative estimate of drug-likeness (QED) is 0.327. The lowest BCUT2D eigenvalue weighted by Gasteiger charge is -2.69. The Balaban J connectivity index is 1.60. The maximum Gasteiger partial charge on any atom is 0.225 e. The molecule has 0 saturated carbocycles. The topological polar surface area (TPSA) is 80.9 Å². The van der Waals surface area contributed by atoms with Crippen molar-refractivity contribution in [2.45, 2.75) is 49.3 Å². The summed E-state index contributed by atoms with van der Waals surface area (Å²) in [6.07, 6.45) is 3.40. The second-order valence-electron chi connectivity index (χ2n) is 8.84. The summed E-state index contributed by atoms with van der Waals surface area (Å²) in [6.45, 7) is 5.27. The molecule has 4 bridgehead atoms. The van der Waals surface area contributed by atoms with Gasteiger partial charge >= 0.3 is 0 Å². The third-order valence-corrected chi connectivity index (χ3v) is 8.27. The monoisotopic (exact) mass is 312 g/mol. The highest BCUT2D eigenvalue weighted by atomic mass is 16.5. The van der Waals surface area contributed by atoms with E-state index in [1.165, 1.54) is 0 Å². The van der Waals surface area contributed by atoms with E-state index in [0.717, 1.165) is 51.9 Å². The molecule has 2 spiro atoms. The van der Waals surface area contributed by atoms with Crippen LogP contribution in [0.15, 0.2) is 0 Å². The molecule has 7 saturated heterocycles. The van der Waals surface area contributed by atoms with Crippen LogP contribution < -0.4 is 0 Å². The van der Waals surface area contributed by atoms with E-state index in [0.29, 0.717) is 22.1 Å². The van der Waals surface area contributed by atoms with Crippen LogP contribution in [0.1, 0.15) is 25.7 Å². The summed E-state index contributed by atoms with van der Waals surface area (Å²) in [5, 5.41) is 43.2. The molecule has 7 fully saturated rings. The number of piperidine rings is 6. The number of rotatable bonds is 0. The number of hydrogen-bond acceptors (Lipinski definition) is 4. The van der Waals surface area contributed by atoms with Crippen LogP contribution in [0.2, 0.25) is 0 Å². The van der Waals surface area contributed by atoms with Crippen molar-refractivity contribution >= 4 is 0 Å². The molecule has 4 N–H and O–H groups in total. The van der Waals surface area contributed by atoms with E-state index in [2.05, 4.69) is 0 Å². The van der Waals surface area contributed by atoms with Gasteiger partial charge in [0.25, 0.3) is 0 Å². The van der Waals surface area contributed by atoms with E-state index in [-0.39, 0.29) is 23.9 Å². The fourth-order valence-corrected chi connectivity index (χ4v) is 6.91. The molecule has 0 aliphatic carbocycles. The smallest absolute Gasteiger partial charge is 0.225 e. The van der Waals surface area contributed by atoms with E-state index >= 15 is 0 Å². The molecule has 0 amide bonds. The second-order valence-corrected chi connectivity index (χ2v) is 8.84. The van der Waals surface area contributed by atoms with Crippen LogP contribution in [0.5, 0.6) is 0 Å². The van der Waals surface area contributed by atoms with Crippen molar-refractivity contribution in [1.82, 2.24) is 0 Å². The lowest BCUT2D eigenvalue weighted by atomic mass is 9.67. The highest BCUT2D eigenvalue weighted by Crippen LogP contribution is 2.53. The Morgan fingerprint density at radius 2 is 0.909 bits per heavy atom. The fraction of sp³-hybridized carbons (Fsp3) is 1.00. The zero-order valence-corrected chi connectivity index (χ0v) is 13.1. The van der Waals surface area contributed by atoms with Crippen LogP contribution >= 0.6 is 0 Å². The molecule has 0 aromatic carbocycles. The molecule has 0 aromatic rings. The molecule has 7 rings (SSSR count). The van der Waals surface area contributed by atoms with Crippen molar-refractivity contribution in [3.63, 3.8) is 0 Å². The number of aliphatic hydroxyl groups is 4. The van der Waals surface area contributed by atoms with Crippen LogP contribution in [0.4, 0.5) is 0 Å².